The van der Waals surface area contributed by atoms with Crippen LogP contribution in [0, 0.1) is 0 Å². The van der Waals surface area contributed by atoms with Crippen molar-refractivity contribution in [2.75, 3.05) is 19.8 Å². The average molecular weight is 397 g/mol. The van der Waals surface area contributed by atoms with E-state index in [9.17, 15) is 0 Å². The van der Waals surface area contributed by atoms with Gasteiger partial charge in [-0.05, 0) is 32.1 Å². The van der Waals surface area contributed by atoms with Gasteiger partial charge in [-0.25, -0.2) is 0 Å². The number of hydrogen-bond acceptors (Lipinski definition) is 2. The summed E-state index contributed by atoms with van der Waals surface area (Å²) < 4.78 is 11.7. The van der Waals surface area contributed by atoms with Gasteiger partial charge in [0.1, 0.15) is 0 Å². The Morgan fingerprint density at radius 2 is 1.14 bits per heavy atom. The summed E-state index contributed by atoms with van der Waals surface area (Å²) >= 11 is 0. The molecule has 0 aromatic heterocycles. The molecule has 168 valence electrons. The first-order chi connectivity index (χ1) is 13.8. The molecule has 1 atom stereocenters. The standard InChI is InChI=1S/C26H52O2/c1-4-7-9-11-12-13-14-15-16-17-18-19-20-21-23-27-25-26(6-3)28-24-22-10-8-5-2/h5,26H,2,4,6-25H2,1,3H3. The third kappa shape index (κ3) is 22.0. The van der Waals surface area contributed by atoms with Gasteiger partial charge in [0.15, 0.2) is 0 Å². The zero-order chi connectivity index (χ0) is 20.5. The first-order valence-electron chi connectivity index (χ1n) is 12.6. The molecule has 0 rings (SSSR count). The van der Waals surface area contributed by atoms with Gasteiger partial charge in [-0.1, -0.05) is 103 Å². The molecule has 0 amide bonds. The largest absolute Gasteiger partial charge is 0.379 e. The fraction of sp³-hybridized carbons (Fsp3) is 0.923. The zero-order valence-corrected chi connectivity index (χ0v) is 19.5. The monoisotopic (exact) mass is 396 g/mol. The minimum atomic E-state index is 0.273. The van der Waals surface area contributed by atoms with E-state index in [4.69, 9.17) is 9.47 Å². The summed E-state index contributed by atoms with van der Waals surface area (Å²) in [6.07, 6.45) is 26.4. The molecule has 2 heteroatoms. The molecular weight excluding hydrogens is 344 g/mol. The molecule has 0 aliphatic carbocycles. The first-order valence-corrected chi connectivity index (χ1v) is 12.6. The number of ether oxygens (including phenoxy) is 2. The van der Waals surface area contributed by atoms with Crippen LogP contribution in [0.3, 0.4) is 0 Å². The molecule has 0 aliphatic heterocycles. The lowest BCUT2D eigenvalue weighted by atomic mass is 10.0. The Hall–Kier alpha value is -0.340. The van der Waals surface area contributed by atoms with Gasteiger partial charge in [0, 0.05) is 13.2 Å². The van der Waals surface area contributed by atoms with Crippen LogP contribution >= 0.6 is 0 Å². The molecule has 0 fully saturated rings. The summed E-state index contributed by atoms with van der Waals surface area (Å²) in [6, 6.07) is 0. The van der Waals surface area contributed by atoms with E-state index >= 15 is 0 Å². The van der Waals surface area contributed by atoms with Crippen molar-refractivity contribution in [2.45, 2.75) is 136 Å². The van der Waals surface area contributed by atoms with Gasteiger partial charge in [0.25, 0.3) is 0 Å². The molecule has 0 aliphatic rings. The molecule has 0 radical (unpaired) electrons. The minimum absolute atomic E-state index is 0.273. The van der Waals surface area contributed by atoms with Crippen LogP contribution in [0.15, 0.2) is 12.7 Å². The molecular formula is C26H52O2. The SMILES string of the molecule is C=CCCCCOC(CC)COCCCCCCCCCCCCCCCC. The molecule has 28 heavy (non-hydrogen) atoms. The maximum atomic E-state index is 5.90. The second-order valence-electron chi connectivity index (χ2n) is 8.36. The highest BCUT2D eigenvalue weighted by atomic mass is 16.5. The van der Waals surface area contributed by atoms with Crippen molar-refractivity contribution in [3.05, 3.63) is 12.7 Å². The van der Waals surface area contributed by atoms with E-state index < -0.39 is 0 Å². The third-order valence-electron chi connectivity index (χ3n) is 5.56. The van der Waals surface area contributed by atoms with E-state index in [-0.39, 0.29) is 6.10 Å². The van der Waals surface area contributed by atoms with Crippen LogP contribution in [-0.4, -0.2) is 25.9 Å². The van der Waals surface area contributed by atoms with Gasteiger partial charge in [-0.15, -0.1) is 6.58 Å². The Labute approximate surface area is 177 Å². The fourth-order valence-electron chi connectivity index (χ4n) is 3.54. The van der Waals surface area contributed by atoms with Gasteiger partial charge in [0.2, 0.25) is 0 Å². The molecule has 0 N–H and O–H groups in total. The summed E-state index contributed by atoms with van der Waals surface area (Å²) in [5, 5.41) is 0. The number of hydrogen-bond donors (Lipinski definition) is 0. The van der Waals surface area contributed by atoms with Crippen LogP contribution in [0.2, 0.25) is 0 Å². The van der Waals surface area contributed by atoms with Crippen molar-refractivity contribution in [1.82, 2.24) is 0 Å². The van der Waals surface area contributed by atoms with Gasteiger partial charge >= 0.3 is 0 Å². The molecule has 0 saturated heterocycles. The minimum Gasteiger partial charge on any atom is -0.379 e. The van der Waals surface area contributed by atoms with E-state index in [1.807, 2.05) is 6.08 Å². The van der Waals surface area contributed by atoms with Crippen LogP contribution < -0.4 is 0 Å². The van der Waals surface area contributed by atoms with Gasteiger partial charge in [0.05, 0.1) is 12.7 Å². The van der Waals surface area contributed by atoms with Crippen molar-refractivity contribution in [1.29, 1.82) is 0 Å². The van der Waals surface area contributed by atoms with Crippen LogP contribution in [0.25, 0.3) is 0 Å². The quantitative estimate of drug-likeness (QED) is 0.120. The van der Waals surface area contributed by atoms with E-state index in [0.717, 1.165) is 39.1 Å². The van der Waals surface area contributed by atoms with E-state index in [2.05, 4.69) is 20.4 Å². The first kappa shape index (κ1) is 27.7. The van der Waals surface area contributed by atoms with Gasteiger partial charge < -0.3 is 9.47 Å². The predicted octanol–water partition coefficient (Wildman–Crippen LogP) is 8.64. The average Bonchev–Trinajstić information content (AvgIpc) is 2.71. The zero-order valence-electron chi connectivity index (χ0n) is 19.5. The van der Waals surface area contributed by atoms with Crippen molar-refractivity contribution >= 4 is 0 Å². The summed E-state index contributed by atoms with van der Waals surface area (Å²) in [5.74, 6) is 0. The van der Waals surface area contributed by atoms with E-state index in [1.54, 1.807) is 0 Å². The van der Waals surface area contributed by atoms with E-state index in [1.165, 1.54) is 96.3 Å². The van der Waals surface area contributed by atoms with Crippen LogP contribution in [0.5, 0.6) is 0 Å². The van der Waals surface area contributed by atoms with Crippen molar-refractivity contribution < 1.29 is 9.47 Å². The highest BCUT2D eigenvalue weighted by Gasteiger charge is 2.06. The second-order valence-corrected chi connectivity index (χ2v) is 8.36. The smallest absolute Gasteiger partial charge is 0.0805 e. The molecule has 2 nitrogen and oxygen atoms in total. The number of rotatable bonds is 24. The molecule has 0 bridgehead atoms. The maximum Gasteiger partial charge on any atom is 0.0805 e. The second kappa shape index (κ2) is 24.7. The summed E-state index contributed by atoms with van der Waals surface area (Å²) in [4.78, 5) is 0. The Morgan fingerprint density at radius 3 is 1.64 bits per heavy atom. The van der Waals surface area contributed by atoms with Crippen LogP contribution in [-0.2, 0) is 9.47 Å². The molecule has 0 aromatic rings. The lowest BCUT2D eigenvalue weighted by Crippen LogP contribution is -2.20. The molecule has 0 aromatic carbocycles. The van der Waals surface area contributed by atoms with Crippen LogP contribution in [0.4, 0.5) is 0 Å². The molecule has 1 unspecified atom stereocenters. The normalized spacial score (nSPS) is 12.4. The fourth-order valence-corrected chi connectivity index (χ4v) is 3.54. The Kier molecular flexibility index (Phi) is 24.4. The Morgan fingerprint density at radius 1 is 0.643 bits per heavy atom. The number of allylic oxidation sites excluding steroid dienone is 1. The Balaban J connectivity index is 3.20. The van der Waals surface area contributed by atoms with Gasteiger partial charge in [-0.2, -0.15) is 0 Å². The van der Waals surface area contributed by atoms with Crippen molar-refractivity contribution in [3.8, 4) is 0 Å². The lowest BCUT2D eigenvalue weighted by Gasteiger charge is -2.16. The lowest BCUT2D eigenvalue weighted by molar-refractivity contribution is -0.0198. The summed E-state index contributed by atoms with van der Waals surface area (Å²) in [7, 11) is 0. The van der Waals surface area contributed by atoms with Crippen molar-refractivity contribution in [2.24, 2.45) is 0 Å². The van der Waals surface area contributed by atoms with Gasteiger partial charge in [-0.3, -0.25) is 0 Å². The molecule has 0 spiro atoms. The predicted molar refractivity (Wildman–Crippen MR) is 125 cm³/mol. The summed E-state index contributed by atoms with van der Waals surface area (Å²) in [6.45, 7) is 10.7. The highest BCUT2D eigenvalue weighted by Crippen LogP contribution is 2.13. The van der Waals surface area contributed by atoms with Crippen LogP contribution in [0.1, 0.15) is 129 Å². The van der Waals surface area contributed by atoms with Crippen molar-refractivity contribution in [3.63, 3.8) is 0 Å². The topological polar surface area (TPSA) is 18.5 Å². The number of unbranched alkanes of at least 4 members (excludes halogenated alkanes) is 15. The molecule has 0 heterocycles. The Bertz CT molecular complexity index is 290. The maximum absolute atomic E-state index is 5.90. The third-order valence-corrected chi connectivity index (χ3v) is 5.56. The summed E-state index contributed by atoms with van der Waals surface area (Å²) in [5.41, 5.74) is 0. The molecule has 0 saturated carbocycles. The highest BCUT2D eigenvalue weighted by molar-refractivity contribution is 4.65. The van der Waals surface area contributed by atoms with E-state index in [0.29, 0.717) is 0 Å².